The number of ether oxygens (including phenoxy) is 1. The summed E-state index contributed by atoms with van der Waals surface area (Å²) < 4.78 is 19.4. The van der Waals surface area contributed by atoms with Crippen LogP contribution in [-0.2, 0) is 10.3 Å². The monoisotopic (exact) mass is 447 g/mol. The number of halogens is 1. The number of hydrogen-bond acceptors (Lipinski definition) is 3. The van der Waals surface area contributed by atoms with Crippen molar-refractivity contribution < 1.29 is 19.0 Å². The van der Waals surface area contributed by atoms with E-state index in [9.17, 15) is 14.3 Å². The molecule has 0 spiro atoms. The van der Waals surface area contributed by atoms with E-state index in [1.807, 2.05) is 59.5 Å². The Morgan fingerprint density at radius 1 is 1.00 bits per heavy atom. The maximum absolute atomic E-state index is 13.2. The minimum absolute atomic E-state index is 0.0633. The molecule has 0 aromatic heterocycles. The Morgan fingerprint density at radius 3 is 2.21 bits per heavy atom. The van der Waals surface area contributed by atoms with Crippen molar-refractivity contribution in [1.29, 1.82) is 0 Å². The minimum Gasteiger partial charge on any atom is -0.438 e. The van der Waals surface area contributed by atoms with Crippen LogP contribution in [0.4, 0.5) is 9.18 Å². The summed E-state index contributed by atoms with van der Waals surface area (Å²) in [6.45, 7) is 2.71. The van der Waals surface area contributed by atoms with Crippen LogP contribution < -0.4 is 0 Å². The fraction of sp³-hybridized carbons (Fsp3) is 0.321. The van der Waals surface area contributed by atoms with Crippen molar-refractivity contribution in [2.24, 2.45) is 0 Å². The smallest absolute Gasteiger partial charge is 0.411 e. The van der Waals surface area contributed by atoms with Gasteiger partial charge in [-0.15, -0.1) is 0 Å². The maximum Gasteiger partial charge on any atom is 0.411 e. The number of amides is 1. The lowest BCUT2D eigenvalue weighted by Crippen LogP contribution is -2.49. The van der Waals surface area contributed by atoms with Gasteiger partial charge in [-0.05, 0) is 53.6 Å². The first-order valence-corrected chi connectivity index (χ1v) is 11.6. The highest BCUT2D eigenvalue weighted by Crippen LogP contribution is 2.41. The van der Waals surface area contributed by atoms with Gasteiger partial charge in [-0.1, -0.05) is 73.7 Å². The van der Waals surface area contributed by atoms with Crippen LogP contribution in [0.1, 0.15) is 49.8 Å². The molecule has 4 nitrogen and oxygen atoms in total. The summed E-state index contributed by atoms with van der Waals surface area (Å²) in [6.07, 6.45) is 2.28. The molecular weight excluding hydrogens is 417 g/mol. The first kappa shape index (κ1) is 23.0. The molecule has 1 aliphatic rings. The third kappa shape index (κ3) is 4.93. The molecule has 1 heterocycles. The molecule has 4 rings (SSSR count). The molecule has 33 heavy (non-hydrogen) atoms. The summed E-state index contributed by atoms with van der Waals surface area (Å²) in [5.74, 6) is -0.254. The Hall–Kier alpha value is -3.18. The van der Waals surface area contributed by atoms with Crippen LogP contribution in [0.2, 0.25) is 0 Å². The number of benzene rings is 3. The van der Waals surface area contributed by atoms with E-state index in [-0.39, 0.29) is 24.6 Å². The molecule has 0 aliphatic carbocycles. The average Bonchev–Trinajstić information content (AvgIpc) is 2.86. The largest absolute Gasteiger partial charge is 0.438 e. The Balaban J connectivity index is 1.53. The number of aliphatic hydroxyl groups is 1. The molecule has 0 bridgehead atoms. The lowest BCUT2D eigenvalue weighted by atomic mass is 9.84. The van der Waals surface area contributed by atoms with E-state index in [1.165, 1.54) is 12.1 Å². The van der Waals surface area contributed by atoms with Crippen molar-refractivity contribution in [3.05, 3.63) is 95.8 Å². The summed E-state index contributed by atoms with van der Waals surface area (Å²) in [5, 5.41) is 9.40. The van der Waals surface area contributed by atoms with Crippen molar-refractivity contribution in [2.45, 2.75) is 44.2 Å². The van der Waals surface area contributed by atoms with Crippen LogP contribution in [-0.4, -0.2) is 29.3 Å². The third-order valence-electron chi connectivity index (χ3n) is 6.55. The molecule has 1 fully saturated rings. The van der Waals surface area contributed by atoms with Crippen LogP contribution in [0.25, 0.3) is 11.1 Å². The van der Waals surface area contributed by atoms with Gasteiger partial charge in [0.15, 0.2) is 0 Å². The molecule has 3 aromatic carbocycles. The summed E-state index contributed by atoms with van der Waals surface area (Å²) >= 11 is 0. The van der Waals surface area contributed by atoms with Gasteiger partial charge in [-0.25, -0.2) is 9.18 Å². The molecule has 1 aliphatic heterocycles. The van der Waals surface area contributed by atoms with Gasteiger partial charge in [0.25, 0.3) is 0 Å². The highest BCUT2D eigenvalue weighted by Gasteiger charge is 2.43. The topological polar surface area (TPSA) is 49.8 Å². The molecule has 1 N–H and O–H groups in total. The summed E-state index contributed by atoms with van der Waals surface area (Å²) in [7, 11) is 0. The van der Waals surface area contributed by atoms with E-state index >= 15 is 0 Å². The summed E-state index contributed by atoms with van der Waals surface area (Å²) in [6, 6.07) is 24.3. The van der Waals surface area contributed by atoms with E-state index in [0.717, 1.165) is 28.7 Å². The summed E-state index contributed by atoms with van der Waals surface area (Å²) in [5.41, 5.74) is 3.26. The molecule has 172 valence electrons. The Kier molecular flexibility index (Phi) is 7.09. The van der Waals surface area contributed by atoms with Crippen LogP contribution in [0.15, 0.2) is 78.9 Å². The van der Waals surface area contributed by atoms with Crippen molar-refractivity contribution in [2.75, 3.05) is 13.2 Å². The van der Waals surface area contributed by atoms with Crippen LogP contribution in [0.5, 0.6) is 0 Å². The second-order valence-electron chi connectivity index (χ2n) is 8.55. The molecule has 1 saturated heterocycles. The van der Waals surface area contributed by atoms with Gasteiger partial charge < -0.3 is 14.7 Å². The lowest BCUT2D eigenvalue weighted by Gasteiger charge is -2.44. The van der Waals surface area contributed by atoms with Gasteiger partial charge in [0.05, 0.1) is 6.04 Å². The number of cyclic esters (lactones) is 1. The normalized spacial score (nSPS) is 19.2. The first-order valence-electron chi connectivity index (χ1n) is 11.6. The van der Waals surface area contributed by atoms with Crippen molar-refractivity contribution in [3.63, 3.8) is 0 Å². The third-order valence-corrected chi connectivity index (χ3v) is 6.55. The SMILES string of the molecule is CC[C@@H](c1ccc(-c2ccc(F)cc2)cc1)N1CCC(CCCO)(c2ccccc2)OC1=O. The molecule has 5 heteroatoms. The lowest BCUT2D eigenvalue weighted by molar-refractivity contribution is -0.0697. The highest BCUT2D eigenvalue weighted by atomic mass is 19.1. The van der Waals surface area contributed by atoms with Gasteiger partial charge in [-0.2, -0.15) is 0 Å². The molecule has 0 saturated carbocycles. The fourth-order valence-corrected chi connectivity index (χ4v) is 4.76. The molecule has 0 radical (unpaired) electrons. The Morgan fingerprint density at radius 2 is 1.64 bits per heavy atom. The van der Waals surface area contributed by atoms with Crippen molar-refractivity contribution in [3.8, 4) is 11.1 Å². The second-order valence-corrected chi connectivity index (χ2v) is 8.55. The summed E-state index contributed by atoms with van der Waals surface area (Å²) in [4.78, 5) is 15.1. The van der Waals surface area contributed by atoms with Crippen LogP contribution in [0, 0.1) is 5.82 Å². The van der Waals surface area contributed by atoms with Crippen molar-refractivity contribution >= 4 is 6.09 Å². The first-order chi connectivity index (χ1) is 16.1. The van der Waals surface area contributed by atoms with Crippen LogP contribution in [0.3, 0.4) is 0 Å². The number of rotatable bonds is 8. The highest BCUT2D eigenvalue weighted by molar-refractivity contribution is 5.70. The van der Waals surface area contributed by atoms with E-state index in [0.29, 0.717) is 25.8 Å². The predicted molar refractivity (Wildman–Crippen MR) is 127 cm³/mol. The molecule has 1 amide bonds. The zero-order chi connectivity index (χ0) is 23.3. The quantitative estimate of drug-likeness (QED) is 0.431. The zero-order valence-corrected chi connectivity index (χ0v) is 18.9. The van der Waals surface area contributed by atoms with E-state index in [2.05, 4.69) is 6.92 Å². The zero-order valence-electron chi connectivity index (χ0n) is 18.9. The van der Waals surface area contributed by atoms with E-state index < -0.39 is 5.60 Å². The molecule has 2 atom stereocenters. The number of aliphatic hydroxyl groups excluding tert-OH is 1. The van der Waals surface area contributed by atoms with Crippen LogP contribution >= 0.6 is 0 Å². The van der Waals surface area contributed by atoms with Gasteiger partial charge in [0.1, 0.15) is 11.4 Å². The Labute approximate surface area is 194 Å². The van der Waals surface area contributed by atoms with E-state index in [1.54, 1.807) is 12.1 Å². The number of hydrogen-bond donors (Lipinski definition) is 1. The molecular formula is C28H30FNO3. The van der Waals surface area contributed by atoms with Gasteiger partial charge in [-0.3, -0.25) is 0 Å². The van der Waals surface area contributed by atoms with Gasteiger partial charge in [0.2, 0.25) is 0 Å². The van der Waals surface area contributed by atoms with Gasteiger partial charge in [0, 0.05) is 19.6 Å². The number of carbonyl (C=O) groups is 1. The minimum atomic E-state index is -0.706. The second kappa shape index (κ2) is 10.2. The fourth-order valence-electron chi connectivity index (χ4n) is 4.76. The van der Waals surface area contributed by atoms with E-state index in [4.69, 9.17) is 4.74 Å². The predicted octanol–water partition coefficient (Wildman–Crippen LogP) is 6.45. The number of carbonyl (C=O) groups excluding carboxylic acids is 1. The van der Waals surface area contributed by atoms with Crippen molar-refractivity contribution in [1.82, 2.24) is 4.90 Å². The molecule has 1 unspecified atom stereocenters. The number of nitrogens with zero attached hydrogens (tertiary/aromatic N) is 1. The standard InChI is InChI=1S/C28H30FNO3/c1-2-26(23-11-9-21(10-12-23)22-13-15-25(29)16-14-22)30-19-18-28(17-6-20-31,33-27(30)32)24-7-4-3-5-8-24/h3-5,7-16,26,31H,2,6,17-20H2,1H3/t26-,28?/m0/s1. The Bertz CT molecular complexity index is 1050. The van der Waals surface area contributed by atoms with Gasteiger partial charge >= 0.3 is 6.09 Å². The average molecular weight is 448 g/mol. The molecule has 3 aromatic rings. The maximum atomic E-state index is 13.2.